The Balaban J connectivity index is 1.34. The van der Waals surface area contributed by atoms with E-state index in [0.717, 1.165) is 51.0 Å². The van der Waals surface area contributed by atoms with E-state index in [0.29, 0.717) is 12.5 Å². The van der Waals surface area contributed by atoms with Gasteiger partial charge in [-0.3, -0.25) is 4.98 Å². The van der Waals surface area contributed by atoms with Crippen LogP contribution in [0.25, 0.3) is 0 Å². The van der Waals surface area contributed by atoms with E-state index < -0.39 is 10.0 Å². The first-order valence-electron chi connectivity index (χ1n) is 11.1. The molecule has 8 heteroatoms. The summed E-state index contributed by atoms with van der Waals surface area (Å²) >= 11 is 0. The second kappa shape index (κ2) is 10.1. The van der Waals surface area contributed by atoms with Crippen molar-refractivity contribution in [3.05, 3.63) is 54.5 Å². The Morgan fingerprint density at radius 2 is 1.77 bits per heavy atom. The lowest BCUT2D eigenvalue weighted by Crippen LogP contribution is -2.52. The summed E-state index contributed by atoms with van der Waals surface area (Å²) < 4.78 is 32.9. The lowest BCUT2D eigenvalue weighted by Gasteiger charge is -2.40. The number of hydrogen-bond donors (Lipinski definition) is 1. The maximum atomic E-state index is 11.9. The molecule has 0 amide bonds. The molecule has 2 fully saturated rings. The van der Waals surface area contributed by atoms with Crippen LogP contribution in [0.2, 0.25) is 0 Å². The van der Waals surface area contributed by atoms with E-state index in [9.17, 15) is 8.42 Å². The van der Waals surface area contributed by atoms with Crippen LogP contribution in [0.15, 0.2) is 48.8 Å². The summed E-state index contributed by atoms with van der Waals surface area (Å²) in [6.45, 7) is 2.05. The number of nitrogens with zero attached hydrogens (tertiary/aromatic N) is 3. The lowest BCUT2D eigenvalue weighted by atomic mass is 9.85. The molecule has 1 aliphatic carbocycles. The number of rotatable bonds is 7. The first-order valence-corrected chi connectivity index (χ1v) is 13.0. The minimum atomic E-state index is -3.27. The monoisotopic (exact) mass is 444 g/mol. The molecule has 168 valence electrons. The van der Waals surface area contributed by atoms with E-state index >= 15 is 0 Å². The Bertz CT molecular complexity index is 918. The number of aromatic nitrogens is 2. The van der Waals surface area contributed by atoms with Gasteiger partial charge in [0.05, 0.1) is 19.0 Å². The van der Waals surface area contributed by atoms with Gasteiger partial charge in [0, 0.05) is 49.1 Å². The van der Waals surface area contributed by atoms with Gasteiger partial charge in [0.1, 0.15) is 5.82 Å². The third-order valence-corrected chi connectivity index (χ3v) is 7.13. The van der Waals surface area contributed by atoms with Crippen LogP contribution in [0.5, 0.6) is 0 Å². The summed E-state index contributed by atoms with van der Waals surface area (Å²) in [5.41, 5.74) is 1.18. The van der Waals surface area contributed by atoms with E-state index in [4.69, 9.17) is 4.74 Å². The largest absolute Gasteiger partial charge is 0.378 e. The van der Waals surface area contributed by atoms with Crippen molar-refractivity contribution in [3.8, 4) is 0 Å². The molecule has 3 heterocycles. The molecule has 2 aromatic heterocycles. The molecule has 2 aromatic rings. The van der Waals surface area contributed by atoms with Crippen molar-refractivity contribution >= 4 is 15.8 Å². The number of piperidine rings is 1. The van der Waals surface area contributed by atoms with Crippen molar-refractivity contribution in [2.24, 2.45) is 5.92 Å². The number of ether oxygens (including phenoxy) is 1. The molecule has 2 atom stereocenters. The fraction of sp³-hybridized carbons (Fsp3) is 0.565. The molecule has 0 bridgehead atoms. The van der Waals surface area contributed by atoms with Crippen molar-refractivity contribution in [1.29, 1.82) is 0 Å². The van der Waals surface area contributed by atoms with Gasteiger partial charge in [0.25, 0.3) is 0 Å². The highest BCUT2D eigenvalue weighted by atomic mass is 32.2. The van der Waals surface area contributed by atoms with E-state index in [2.05, 4.69) is 31.7 Å². The van der Waals surface area contributed by atoms with Gasteiger partial charge >= 0.3 is 0 Å². The van der Waals surface area contributed by atoms with Crippen LogP contribution in [-0.4, -0.2) is 56.5 Å². The predicted molar refractivity (Wildman–Crippen MR) is 122 cm³/mol. The summed E-state index contributed by atoms with van der Waals surface area (Å²) in [5, 5.41) is 0. The molecule has 7 nitrogen and oxygen atoms in total. The average Bonchev–Trinajstić information content (AvgIpc) is 2.79. The predicted octanol–water partition coefficient (Wildman–Crippen LogP) is 2.96. The molecule has 31 heavy (non-hydrogen) atoms. The second-order valence-corrected chi connectivity index (χ2v) is 10.5. The zero-order chi connectivity index (χ0) is 21.7. The van der Waals surface area contributed by atoms with Gasteiger partial charge in [-0.15, -0.1) is 0 Å². The van der Waals surface area contributed by atoms with Crippen LogP contribution in [-0.2, 0) is 14.8 Å². The van der Waals surface area contributed by atoms with E-state index in [1.165, 1.54) is 11.9 Å². The number of nitrogens with one attached hydrogen (secondary N) is 1. The Morgan fingerprint density at radius 3 is 2.42 bits per heavy atom. The van der Waals surface area contributed by atoms with Crippen molar-refractivity contribution in [2.75, 3.05) is 30.9 Å². The van der Waals surface area contributed by atoms with Crippen LogP contribution in [0.3, 0.4) is 0 Å². The number of anilines is 1. The molecule has 1 N–H and O–H groups in total. The lowest BCUT2D eigenvalue weighted by molar-refractivity contribution is -0.00232. The van der Waals surface area contributed by atoms with Crippen LogP contribution < -0.4 is 9.62 Å². The Labute approximate surface area is 185 Å². The van der Waals surface area contributed by atoms with Crippen molar-refractivity contribution in [1.82, 2.24) is 14.7 Å². The first kappa shape index (κ1) is 22.2. The van der Waals surface area contributed by atoms with Gasteiger partial charge in [0.2, 0.25) is 10.0 Å². The second-order valence-electron chi connectivity index (χ2n) is 8.74. The van der Waals surface area contributed by atoms with Crippen molar-refractivity contribution in [3.63, 3.8) is 0 Å². The van der Waals surface area contributed by atoms with Gasteiger partial charge < -0.3 is 9.64 Å². The fourth-order valence-corrected chi connectivity index (χ4v) is 5.64. The first-order chi connectivity index (χ1) is 15.0. The summed E-state index contributed by atoms with van der Waals surface area (Å²) in [7, 11) is -3.27. The van der Waals surface area contributed by atoms with Gasteiger partial charge in [-0.1, -0.05) is 12.1 Å². The topological polar surface area (TPSA) is 84.4 Å². The summed E-state index contributed by atoms with van der Waals surface area (Å²) in [6.07, 6.45) is 10.0. The number of pyridine rings is 2. The molecule has 1 aliphatic heterocycles. The van der Waals surface area contributed by atoms with Gasteiger partial charge in [0.15, 0.2) is 0 Å². The third kappa shape index (κ3) is 6.24. The molecule has 4 rings (SSSR count). The Hall–Kier alpha value is -2.03. The Morgan fingerprint density at radius 1 is 1.03 bits per heavy atom. The molecule has 0 radical (unpaired) electrons. The van der Waals surface area contributed by atoms with Crippen LogP contribution in [0, 0.1) is 5.92 Å². The van der Waals surface area contributed by atoms with E-state index in [1.54, 1.807) is 6.20 Å². The minimum absolute atomic E-state index is 0.0824. The SMILES string of the molecule is CS(=O)(=O)N[C@H]1CCN(c2ccccn2)C[C@H]1COC1CCC(c2ccccn2)CC1. The Kier molecular flexibility index (Phi) is 7.20. The normalized spacial score (nSPS) is 27.2. The summed E-state index contributed by atoms with van der Waals surface area (Å²) in [6, 6.07) is 11.9. The van der Waals surface area contributed by atoms with E-state index in [1.807, 2.05) is 30.5 Å². The zero-order valence-corrected chi connectivity index (χ0v) is 18.9. The standard InChI is InChI=1S/C23H32N4O3S/c1-31(28,29)26-22-12-15-27(23-7-3-5-14-25-23)16-19(22)17-30-20-10-8-18(9-11-20)21-6-2-4-13-24-21/h2-7,13-14,18-20,22,26H,8-12,15-17H2,1H3/t18?,19-,20?,22-/m0/s1. The summed E-state index contributed by atoms with van der Waals surface area (Å²) in [5.74, 6) is 1.52. The van der Waals surface area contributed by atoms with Crippen LogP contribution in [0.1, 0.15) is 43.7 Å². The molecular weight excluding hydrogens is 412 g/mol. The summed E-state index contributed by atoms with van der Waals surface area (Å²) in [4.78, 5) is 11.2. The highest BCUT2D eigenvalue weighted by Crippen LogP contribution is 2.33. The maximum Gasteiger partial charge on any atom is 0.208 e. The number of hydrogen-bond acceptors (Lipinski definition) is 6. The molecule has 0 aromatic carbocycles. The van der Waals surface area contributed by atoms with Gasteiger partial charge in [-0.05, 0) is 56.4 Å². The quantitative estimate of drug-likeness (QED) is 0.707. The molecule has 2 aliphatic rings. The molecule has 1 saturated heterocycles. The average molecular weight is 445 g/mol. The van der Waals surface area contributed by atoms with E-state index in [-0.39, 0.29) is 18.1 Å². The molecular formula is C23H32N4O3S. The highest BCUT2D eigenvalue weighted by molar-refractivity contribution is 7.88. The molecule has 0 spiro atoms. The smallest absolute Gasteiger partial charge is 0.208 e. The highest BCUT2D eigenvalue weighted by Gasteiger charge is 2.33. The van der Waals surface area contributed by atoms with Crippen LogP contribution >= 0.6 is 0 Å². The van der Waals surface area contributed by atoms with Crippen molar-refractivity contribution in [2.45, 2.75) is 50.2 Å². The van der Waals surface area contributed by atoms with Crippen molar-refractivity contribution < 1.29 is 13.2 Å². The van der Waals surface area contributed by atoms with Crippen LogP contribution in [0.4, 0.5) is 5.82 Å². The fourth-order valence-electron chi connectivity index (χ4n) is 4.78. The van der Waals surface area contributed by atoms with Gasteiger partial charge in [-0.25, -0.2) is 18.1 Å². The maximum absolute atomic E-state index is 11.9. The zero-order valence-electron chi connectivity index (χ0n) is 18.1. The van der Waals surface area contributed by atoms with Gasteiger partial charge in [-0.2, -0.15) is 0 Å². The molecule has 1 saturated carbocycles. The molecule has 0 unspecified atom stereocenters. The number of sulfonamides is 1. The third-order valence-electron chi connectivity index (χ3n) is 6.40. The minimum Gasteiger partial charge on any atom is -0.378 e.